The highest BCUT2D eigenvalue weighted by atomic mass is 16.5. The van der Waals surface area contributed by atoms with E-state index in [4.69, 9.17) is 4.74 Å². The second-order valence-electron chi connectivity index (χ2n) is 10.3. The molecule has 2 bridgehead atoms. The van der Waals surface area contributed by atoms with E-state index < -0.39 is 17.1 Å². The van der Waals surface area contributed by atoms with Gasteiger partial charge >= 0.3 is 0 Å². The van der Waals surface area contributed by atoms with E-state index in [0.29, 0.717) is 18.6 Å². The zero-order valence-corrected chi connectivity index (χ0v) is 17.4. The lowest BCUT2D eigenvalue weighted by Gasteiger charge is -2.64. The maximum atomic E-state index is 12.4. The lowest BCUT2D eigenvalue weighted by atomic mass is 9.48. The van der Waals surface area contributed by atoms with Crippen molar-refractivity contribution in [1.82, 2.24) is 9.47 Å². The predicted molar refractivity (Wildman–Crippen MR) is 112 cm³/mol. The summed E-state index contributed by atoms with van der Waals surface area (Å²) in [5.74, 6) is 1.31. The van der Waals surface area contributed by atoms with Crippen molar-refractivity contribution in [1.29, 1.82) is 0 Å². The Morgan fingerprint density at radius 3 is 2.52 bits per heavy atom. The van der Waals surface area contributed by atoms with Crippen molar-refractivity contribution in [3.63, 3.8) is 0 Å². The molecule has 7 heteroatoms. The van der Waals surface area contributed by atoms with Gasteiger partial charge in [-0.05, 0) is 62.6 Å². The zero-order chi connectivity index (χ0) is 21.1. The molecule has 1 aromatic carbocycles. The molecule has 7 rings (SSSR count). The Labute approximate surface area is 180 Å². The average molecular weight is 424 g/mol. The fourth-order valence-corrected chi connectivity index (χ4v) is 7.49. The van der Waals surface area contributed by atoms with Gasteiger partial charge in [0.05, 0.1) is 17.1 Å². The molecule has 1 saturated heterocycles. The van der Waals surface area contributed by atoms with Crippen LogP contribution in [0.3, 0.4) is 0 Å². The summed E-state index contributed by atoms with van der Waals surface area (Å²) in [7, 11) is 0. The summed E-state index contributed by atoms with van der Waals surface area (Å²) in [5.41, 5.74) is 0.474. The summed E-state index contributed by atoms with van der Waals surface area (Å²) in [6.07, 6.45) is 4.73. The molecule has 2 saturated carbocycles. The molecule has 2 aliphatic heterocycles. The van der Waals surface area contributed by atoms with Crippen LogP contribution in [0.4, 0.5) is 0 Å². The summed E-state index contributed by atoms with van der Waals surface area (Å²) in [5, 5.41) is 44.0. The second-order valence-corrected chi connectivity index (χ2v) is 10.3. The minimum Gasteiger partial charge on any atom is -0.504 e. The third-order valence-electron chi connectivity index (χ3n) is 8.94. The first-order valence-electron chi connectivity index (χ1n) is 11.5. The minimum atomic E-state index is -0.967. The monoisotopic (exact) mass is 424 g/mol. The first kappa shape index (κ1) is 18.2. The van der Waals surface area contributed by atoms with Gasteiger partial charge in [-0.2, -0.15) is 0 Å². The molecule has 164 valence electrons. The number of aliphatic hydroxyl groups is 1. The second kappa shape index (κ2) is 5.70. The highest BCUT2D eigenvalue weighted by molar-refractivity contribution is 5.62. The first-order chi connectivity index (χ1) is 14.9. The molecule has 0 amide bonds. The summed E-state index contributed by atoms with van der Waals surface area (Å²) in [6.45, 7) is 1.92. The van der Waals surface area contributed by atoms with Crippen molar-refractivity contribution in [3.8, 4) is 23.3 Å². The van der Waals surface area contributed by atoms with Crippen molar-refractivity contribution < 1.29 is 25.2 Å². The summed E-state index contributed by atoms with van der Waals surface area (Å²) >= 11 is 0. The van der Waals surface area contributed by atoms with Gasteiger partial charge < -0.3 is 25.2 Å². The molecule has 5 aliphatic rings. The van der Waals surface area contributed by atoms with Gasteiger partial charge in [0.25, 0.3) is 0 Å². The molecule has 7 nitrogen and oxygen atoms in total. The van der Waals surface area contributed by atoms with Crippen LogP contribution in [0.25, 0.3) is 0 Å². The van der Waals surface area contributed by atoms with Gasteiger partial charge in [0.1, 0.15) is 6.10 Å². The summed E-state index contributed by atoms with van der Waals surface area (Å²) < 4.78 is 8.01. The number of phenols is 1. The number of benzene rings is 1. The Kier molecular flexibility index (Phi) is 3.35. The maximum absolute atomic E-state index is 12.4. The SMILES string of the molecule is Oc1ccc2c3c1OC1C(n4c(O)ccc4O)CC[C@@]4(O)[C@@H](C2)N(CC2CC2)CC[C@]314. The number of likely N-dealkylation sites (tertiary alicyclic amines) is 1. The Bertz CT molecular complexity index is 1070. The van der Waals surface area contributed by atoms with Crippen LogP contribution in [-0.4, -0.2) is 60.7 Å². The van der Waals surface area contributed by atoms with Gasteiger partial charge in [-0.3, -0.25) is 9.47 Å². The molecule has 3 fully saturated rings. The number of nitrogens with zero attached hydrogens (tertiary/aromatic N) is 2. The Hall–Kier alpha value is -2.38. The molecule has 4 N–H and O–H groups in total. The largest absolute Gasteiger partial charge is 0.504 e. The highest BCUT2D eigenvalue weighted by Gasteiger charge is 2.73. The molecule has 0 radical (unpaired) electrons. The number of piperidine rings is 1. The standard InChI is InChI=1S/C24H28N2O5/c27-16-4-3-14-11-17-24(30)8-7-15(26-18(28)5-6-19(26)29)22-23(24,20(14)21(16)31-22)9-10-25(17)12-13-1-2-13/h3-6,13,15,17,22,27-30H,1-2,7-12H2/t15?,17-,22?,23+,24-/m1/s1. The smallest absolute Gasteiger partial charge is 0.194 e. The van der Waals surface area contributed by atoms with Crippen LogP contribution in [0, 0.1) is 5.92 Å². The van der Waals surface area contributed by atoms with E-state index in [1.807, 2.05) is 6.07 Å². The molecule has 2 aromatic rings. The van der Waals surface area contributed by atoms with Crippen molar-refractivity contribution in [2.45, 2.75) is 67.7 Å². The van der Waals surface area contributed by atoms with Crippen LogP contribution in [0.15, 0.2) is 24.3 Å². The highest BCUT2D eigenvalue weighted by Crippen LogP contribution is 2.67. The van der Waals surface area contributed by atoms with E-state index in [9.17, 15) is 20.4 Å². The number of phenolic OH excluding ortho intramolecular Hbond substituents is 1. The Balaban J connectivity index is 1.43. The lowest BCUT2D eigenvalue weighted by molar-refractivity contribution is -0.196. The molecule has 2 unspecified atom stereocenters. The fourth-order valence-electron chi connectivity index (χ4n) is 7.49. The third-order valence-corrected chi connectivity index (χ3v) is 8.94. The molecule has 31 heavy (non-hydrogen) atoms. The minimum absolute atomic E-state index is 0.00753. The Morgan fingerprint density at radius 1 is 1.00 bits per heavy atom. The quantitative estimate of drug-likeness (QED) is 0.604. The van der Waals surface area contributed by atoms with E-state index in [1.165, 1.54) is 29.5 Å². The maximum Gasteiger partial charge on any atom is 0.194 e. The van der Waals surface area contributed by atoms with E-state index >= 15 is 0 Å². The number of hydrogen-bond donors (Lipinski definition) is 4. The first-order valence-corrected chi connectivity index (χ1v) is 11.5. The number of ether oxygens (including phenoxy) is 1. The molecule has 1 aromatic heterocycles. The van der Waals surface area contributed by atoms with Crippen molar-refractivity contribution in [3.05, 3.63) is 35.4 Å². The lowest BCUT2D eigenvalue weighted by Crippen LogP contribution is -2.76. The van der Waals surface area contributed by atoms with Crippen LogP contribution in [0.1, 0.15) is 49.3 Å². The summed E-state index contributed by atoms with van der Waals surface area (Å²) in [4.78, 5) is 2.50. The Morgan fingerprint density at radius 2 is 1.77 bits per heavy atom. The predicted octanol–water partition coefficient (Wildman–Crippen LogP) is 2.41. The van der Waals surface area contributed by atoms with Crippen LogP contribution in [0.5, 0.6) is 23.3 Å². The zero-order valence-electron chi connectivity index (χ0n) is 17.4. The van der Waals surface area contributed by atoms with E-state index in [1.54, 1.807) is 6.07 Å². The molecule has 5 atom stereocenters. The van der Waals surface area contributed by atoms with E-state index in [2.05, 4.69) is 4.90 Å². The summed E-state index contributed by atoms with van der Waals surface area (Å²) in [6, 6.07) is 6.35. The normalized spacial score (nSPS) is 38.0. The van der Waals surface area contributed by atoms with Gasteiger partial charge in [0.2, 0.25) is 0 Å². The van der Waals surface area contributed by atoms with Gasteiger partial charge in [0.15, 0.2) is 23.3 Å². The number of aromatic hydroxyl groups is 3. The number of hydrogen-bond acceptors (Lipinski definition) is 6. The molecule has 3 aliphatic carbocycles. The van der Waals surface area contributed by atoms with Crippen LogP contribution >= 0.6 is 0 Å². The average Bonchev–Trinajstić information content (AvgIpc) is 3.40. The van der Waals surface area contributed by atoms with E-state index in [-0.39, 0.29) is 29.6 Å². The van der Waals surface area contributed by atoms with Crippen LogP contribution < -0.4 is 4.74 Å². The number of aromatic nitrogens is 1. The van der Waals surface area contributed by atoms with Gasteiger partial charge in [-0.25, -0.2) is 0 Å². The van der Waals surface area contributed by atoms with E-state index in [0.717, 1.165) is 43.0 Å². The molecular weight excluding hydrogens is 396 g/mol. The number of rotatable bonds is 3. The topological polar surface area (TPSA) is 98.3 Å². The van der Waals surface area contributed by atoms with Gasteiger partial charge in [-0.15, -0.1) is 0 Å². The van der Waals surface area contributed by atoms with Crippen molar-refractivity contribution >= 4 is 0 Å². The van der Waals surface area contributed by atoms with Crippen molar-refractivity contribution in [2.24, 2.45) is 5.92 Å². The third kappa shape index (κ3) is 2.07. The van der Waals surface area contributed by atoms with Crippen LogP contribution in [0.2, 0.25) is 0 Å². The van der Waals surface area contributed by atoms with Gasteiger partial charge in [-0.1, -0.05) is 6.07 Å². The van der Waals surface area contributed by atoms with Crippen LogP contribution in [-0.2, 0) is 11.8 Å². The fraction of sp³-hybridized carbons (Fsp3) is 0.583. The molecule has 1 spiro atoms. The van der Waals surface area contributed by atoms with Gasteiger partial charge in [0, 0.05) is 30.3 Å². The molecule has 3 heterocycles. The molecular formula is C24H28N2O5. The van der Waals surface area contributed by atoms with Crippen molar-refractivity contribution in [2.75, 3.05) is 13.1 Å².